The second kappa shape index (κ2) is 5.40. The van der Waals surface area contributed by atoms with Crippen LogP contribution in [0.1, 0.15) is 6.92 Å². The zero-order valence-corrected chi connectivity index (χ0v) is 10.7. The lowest BCUT2D eigenvalue weighted by Crippen LogP contribution is -2.07. The van der Waals surface area contributed by atoms with Crippen molar-refractivity contribution in [1.82, 2.24) is 0 Å². The van der Waals surface area contributed by atoms with Crippen LogP contribution in [0.4, 0.5) is 5.69 Å². The summed E-state index contributed by atoms with van der Waals surface area (Å²) in [5.41, 5.74) is 8.86. The fourth-order valence-electron chi connectivity index (χ4n) is 1.59. The summed E-state index contributed by atoms with van der Waals surface area (Å²) >= 11 is 0. The molecule has 0 aliphatic heterocycles. The molecule has 19 heavy (non-hydrogen) atoms. The highest BCUT2D eigenvalue weighted by Crippen LogP contribution is 2.23. The van der Waals surface area contributed by atoms with Gasteiger partial charge in [-0.25, -0.2) is 4.79 Å². The van der Waals surface area contributed by atoms with Gasteiger partial charge in [0.15, 0.2) is 0 Å². The molecule has 2 N–H and O–H groups in total. The van der Waals surface area contributed by atoms with Crippen molar-refractivity contribution in [2.75, 3.05) is 5.73 Å². The fourth-order valence-corrected chi connectivity index (χ4v) is 1.59. The van der Waals surface area contributed by atoms with E-state index in [1.807, 2.05) is 36.4 Å². The average molecular weight is 253 g/mol. The highest BCUT2D eigenvalue weighted by atomic mass is 16.5. The van der Waals surface area contributed by atoms with Crippen molar-refractivity contribution in [2.45, 2.75) is 6.92 Å². The molecule has 0 saturated carbocycles. The molecule has 0 bridgehead atoms. The lowest BCUT2D eigenvalue weighted by atomic mass is 10.1. The van der Waals surface area contributed by atoms with Crippen LogP contribution in [-0.4, -0.2) is 5.97 Å². The number of nitrogen functional groups attached to an aromatic ring is 1. The molecule has 0 spiro atoms. The minimum atomic E-state index is -0.416. The molecule has 0 amide bonds. The van der Waals surface area contributed by atoms with Crippen molar-refractivity contribution in [2.24, 2.45) is 0 Å². The Kier molecular flexibility index (Phi) is 3.66. The first kappa shape index (κ1) is 12.9. The Morgan fingerprint density at radius 1 is 1.00 bits per heavy atom. The Morgan fingerprint density at radius 3 is 1.95 bits per heavy atom. The molecule has 2 aromatic carbocycles. The molecule has 0 atom stereocenters. The number of carbonyl (C=O) groups excluding carboxylic acids is 1. The first-order valence-corrected chi connectivity index (χ1v) is 5.90. The van der Waals surface area contributed by atoms with Gasteiger partial charge in [0, 0.05) is 11.3 Å². The number of rotatable bonds is 3. The van der Waals surface area contributed by atoms with E-state index in [0.717, 1.165) is 16.8 Å². The predicted octanol–water partition coefficient (Wildman–Crippen LogP) is 3.42. The third-order valence-electron chi connectivity index (χ3n) is 2.66. The van der Waals surface area contributed by atoms with E-state index < -0.39 is 5.97 Å². The zero-order chi connectivity index (χ0) is 13.8. The van der Waals surface area contributed by atoms with Crippen LogP contribution < -0.4 is 10.5 Å². The monoisotopic (exact) mass is 253 g/mol. The molecule has 0 radical (unpaired) electrons. The fraction of sp³-hybridized carbons (Fsp3) is 0.0625. The van der Waals surface area contributed by atoms with Gasteiger partial charge >= 0.3 is 5.97 Å². The summed E-state index contributed by atoms with van der Waals surface area (Å²) in [6, 6.07) is 14.9. The zero-order valence-electron chi connectivity index (χ0n) is 10.7. The first-order valence-electron chi connectivity index (χ1n) is 5.90. The van der Waals surface area contributed by atoms with Gasteiger partial charge in [-0.1, -0.05) is 30.8 Å². The van der Waals surface area contributed by atoms with Crippen LogP contribution in [0.3, 0.4) is 0 Å². The van der Waals surface area contributed by atoms with Gasteiger partial charge in [0.1, 0.15) is 5.75 Å². The molecule has 0 heterocycles. The van der Waals surface area contributed by atoms with E-state index >= 15 is 0 Å². The van der Waals surface area contributed by atoms with Gasteiger partial charge in [0.2, 0.25) is 0 Å². The van der Waals surface area contributed by atoms with Crippen LogP contribution in [-0.2, 0) is 4.79 Å². The SMILES string of the molecule is C=C(C)C(=O)Oc1ccc(-c2ccc(N)cc2)cc1. The number of hydrogen-bond donors (Lipinski definition) is 1. The number of nitrogens with two attached hydrogens (primary N) is 1. The van der Waals surface area contributed by atoms with Crippen LogP contribution in [0.2, 0.25) is 0 Å². The quantitative estimate of drug-likeness (QED) is 0.394. The third kappa shape index (κ3) is 3.22. The molecule has 0 unspecified atom stereocenters. The molecular formula is C16H15NO2. The van der Waals surface area contributed by atoms with Crippen molar-refractivity contribution in [3.05, 3.63) is 60.7 Å². The Morgan fingerprint density at radius 2 is 1.47 bits per heavy atom. The third-order valence-corrected chi connectivity index (χ3v) is 2.66. The number of hydrogen-bond acceptors (Lipinski definition) is 3. The standard InChI is InChI=1S/C16H15NO2/c1-11(2)16(18)19-15-9-5-13(6-10-15)12-3-7-14(17)8-4-12/h3-10H,1,17H2,2H3. The summed E-state index contributed by atoms with van der Waals surface area (Å²) in [7, 11) is 0. The summed E-state index contributed by atoms with van der Waals surface area (Å²) in [4.78, 5) is 11.4. The highest BCUT2D eigenvalue weighted by molar-refractivity contribution is 5.88. The van der Waals surface area contributed by atoms with E-state index in [9.17, 15) is 4.79 Å². The Labute approximate surface area is 112 Å². The summed E-state index contributed by atoms with van der Waals surface area (Å²) in [6.45, 7) is 5.15. The summed E-state index contributed by atoms with van der Waals surface area (Å²) in [5.74, 6) is 0.0902. The maximum atomic E-state index is 11.4. The number of ether oxygens (including phenoxy) is 1. The van der Waals surface area contributed by atoms with E-state index in [0.29, 0.717) is 11.3 Å². The van der Waals surface area contributed by atoms with Crippen molar-refractivity contribution >= 4 is 11.7 Å². The molecule has 0 aromatic heterocycles. The lowest BCUT2D eigenvalue weighted by Gasteiger charge is -2.06. The van der Waals surface area contributed by atoms with Crippen LogP contribution >= 0.6 is 0 Å². The first-order chi connectivity index (χ1) is 9.06. The molecule has 3 heteroatoms. The van der Waals surface area contributed by atoms with Gasteiger partial charge in [0.05, 0.1) is 0 Å². The number of benzene rings is 2. The smallest absolute Gasteiger partial charge is 0.338 e. The molecule has 0 fully saturated rings. The minimum Gasteiger partial charge on any atom is -0.423 e. The summed E-state index contributed by atoms with van der Waals surface area (Å²) in [6.07, 6.45) is 0. The van der Waals surface area contributed by atoms with Gasteiger partial charge < -0.3 is 10.5 Å². The minimum absolute atomic E-state index is 0.377. The van der Waals surface area contributed by atoms with Crippen molar-refractivity contribution < 1.29 is 9.53 Å². The molecule has 0 aliphatic carbocycles. The second-order valence-electron chi connectivity index (χ2n) is 4.32. The topological polar surface area (TPSA) is 52.3 Å². The molecule has 2 aromatic rings. The normalized spacial score (nSPS) is 9.95. The Balaban J connectivity index is 2.16. The summed E-state index contributed by atoms with van der Waals surface area (Å²) < 4.78 is 5.13. The van der Waals surface area contributed by atoms with E-state index in [4.69, 9.17) is 10.5 Å². The van der Waals surface area contributed by atoms with Crippen LogP contribution in [0.5, 0.6) is 5.75 Å². The van der Waals surface area contributed by atoms with Gasteiger partial charge in [-0.05, 0) is 42.3 Å². The predicted molar refractivity (Wildman–Crippen MR) is 76.7 cm³/mol. The van der Waals surface area contributed by atoms with Crippen molar-refractivity contribution in [1.29, 1.82) is 0 Å². The maximum absolute atomic E-state index is 11.4. The number of esters is 1. The van der Waals surface area contributed by atoms with Gasteiger partial charge in [-0.3, -0.25) is 0 Å². The molecule has 2 rings (SSSR count). The number of carbonyl (C=O) groups is 1. The van der Waals surface area contributed by atoms with E-state index in [1.165, 1.54) is 0 Å². The Hall–Kier alpha value is -2.55. The van der Waals surface area contributed by atoms with Crippen LogP contribution in [0.15, 0.2) is 60.7 Å². The van der Waals surface area contributed by atoms with Gasteiger partial charge in [0.25, 0.3) is 0 Å². The van der Waals surface area contributed by atoms with Gasteiger partial charge in [-0.15, -0.1) is 0 Å². The molecular weight excluding hydrogens is 238 g/mol. The Bertz CT molecular complexity index is 598. The molecule has 96 valence electrons. The van der Waals surface area contributed by atoms with E-state index in [1.54, 1.807) is 19.1 Å². The highest BCUT2D eigenvalue weighted by Gasteiger charge is 2.05. The van der Waals surface area contributed by atoms with E-state index in [-0.39, 0.29) is 0 Å². The second-order valence-corrected chi connectivity index (χ2v) is 4.32. The summed E-state index contributed by atoms with van der Waals surface area (Å²) in [5, 5.41) is 0. The van der Waals surface area contributed by atoms with Crippen LogP contribution in [0, 0.1) is 0 Å². The largest absolute Gasteiger partial charge is 0.423 e. The van der Waals surface area contributed by atoms with Crippen LogP contribution in [0.25, 0.3) is 11.1 Å². The average Bonchev–Trinajstić information content (AvgIpc) is 2.40. The molecule has 3 nitrogen and oxygen atoms in total. The molecule has 0 saturated heterocycles. The van der Waals surface area contributed by atoms with Crippen molar-refractivity contribution in [3.63, 3.8) is 0 Å². The number of anilines is 1. The van der Waals surface area contributed by atoms with Gasteiger partial charge in [-0.2, -0.15) is 0 Å². The van der Waals surface area contributed by atoms with E-state index in [2.05, 4.69) is 6.58 Å². The lowest BCUT2D eigenvalue weighted by molar-refractivity contribution is -0.130. The molecule has 0 aliphatic rings. The van der Waals surface area contributed by atoms with Crippen molar-refractivity contribution in [3.8, 4) is 16.9 Å². The maximum Gasteiger partial charge on any atom is 0.338 e.